The van der Waals surface area contributed by atoms with Crippen LogP contribution < -0.4 is 0 Å². The first-order valence-electron chi connectivity index (χ1n) is 11.9. The molecule has 26 heavy (non-hydrogen) atoms. The van der Waals surface area contributed by atoms with Crippen molar-refractivity contribution in [2.45, 2.75) is 124 Å². The van der Waals surface area contributed by atoms with Gasteiger partial charge in [-0.3, -0.25) is 0 Å². The lowest BCUT2D eigenvalue weighted by atomic mass is 10.1. The molecule has 0 heterocycles. The van der Waals surface area contributed by atoms with E-state index < -0.39 is 0 Å². The number of quaternary nitrogens is 1. The largest absolute Gasteiger partial charge is 0.633 e. The van der Waals surface area contributed by atoms with E-state index in [0.29, 0.717) is 0 Å². The third kappa shape index (κ3) is 17.1. The summed E-state index contributed by atoms with van der Waals surface area (Å²) in [5, 5.41) is 12.6. The van der Waals surface area contributed by atoms with Crippen molar-refractivity contribution in [3.8, 4) is 0 Å². The van der Waals surface area contributed by atoms with Crippen LogP contribution in [0.2, 0.25) is 0 Å². The highest BCUT2D eigenvalue weighted by Crippen LogP contribution is 2.13. The Morgan fingerprint density at radius 1 is 0.500 bits per heavy atom. The summed E-state index contributed by atoms with van der Waals surface area (Å²) >= 11 is 0. The third-order valence-corrected chi connectivity index (χ3v) is 5.34. The van der Waals surface area contributed by atoms with E-state index in [9.17, 15) is 5.21 Å². The van der Waals surface area contributed by atoms with Crippen LogP contribution in [-0.4, -0.2) is 24.3 Å². The molecule has 0 bridgehead atoms. The lowest BCUT2D eigenvalue weighted by Crippen LogP contribution is -2.44. The molecule has 0 saturated heterocycles. The summed E-state index contributed by atoms with van der Waals surface area (Å²) in [6, 6.07) is 0. The van der Waals surface area contributed by atoms with E-state index in [2.05, 4.69) is 32.9 Å². The van der Waals surface area contributed by atoms with Gasteiger partial charge in [0.15, 0.2) is 0 Å². The van der Waals surface area contributed by atoms with Crippen molar-refractivity contribution in [1.82, 2.24) is 0 Å². The van der Waals surface area contributed by atoms with E-state index in [1.165, 1.54) is 83.5 Å². The van der Waals surface area contributed by atoms with Gasteiger partial charge in [0.25, 0.3) is 0 Å². The lowest BCUT2D eigenvalue weighted by Gasteiger charge is -2.42. The van der Waals surface area contributed by atoms with E-state index in [4.69, 9.17) is 0 Å². The Morgan fingerprint density at radius 2 is 0.923 bits per heavy atom. The van der Waals surface area contributed by atoms with Crippen LogP contribution in [-0.2, 0) is 0 Å². The smallest absolute Gasteiger partial charge is 0.0783 e. The van der Waals surface area contributed by atoms with Crippen molar-refractivity contribution in [3.05, 3.63) is 17.4 Å². The molecule has 0 atom stereocenters. The van der Waals surface area contributed by atoms with Crippen molar-refractivity contribution in [3.63, 3.8) is 0 Å². The highest BCUT2D eigenvalue weighted by atomic mass is 16.5. The third-order valence-electron chi connectivity index (χ3n) is 5.34. The molecule has 0 aromatic heterocycles. The minimum atomic E-state index is 0.0520. The fourth-order valence-corrected chi connectivity index (χ4v) is 3.80. The molecule has 0 aromatic carbocycles. The average molecular weight is 368 g/mol. The molecular formula is C24H49NO. The molecule has 0 fully saturated rings. The Labute approximate surface area is 165 Å². The van der Waals surface area contributed by atoms with Gasteiger partial charge in [0.1, 0.15) is 0 Å². The van der Waals surface area contributed by atoms with Crippen molar-refractivity contribution in [2.75, 3.05) is 19.6 Å². The van der Waals surface area contributed by atoms with Gasteiger partial charge in [-0.1, -0.05) is 84.3 Å². The number of allylic oxidation sites excluding steroid dienone is 2. The highest BCUT2D eigenvalue weighted by molar-refractivity contribution is 4.81. The van der Waals surface area contributed by atoms with E-state index in [0.717, 1.165) is 38.9 Å². The zero-order chi connectivity index (χ0) is 19.3. The van der Waals surface area contributed by atoms with Crippen molar-refractivity contribution >= 4 is 0 Å². The minimum absolute atomic E-state index is 0.0520. The Bertz CT molecular complexity index is 295. The number of nitrogens with zero attached hydrogens (tertiary/aromatic N) is 1. The maximum atomic E-state index is 12.6. The average Bonchev–Trinajstić information content (AvgIpc) is 2.62. The fourth-order valence-electron chi connectivity index (χ4n) is 3.80. The van der Waals surface area contributed by atoms with Gasteiger partial charge in [0, 0.05) is 0 Å². The summed E-state index contributed by atoms with van der Waals surface area (Å²) in [4.78, 5) is 0. The van der Waals surface area contributed by atoms with Crippen LogP contribution in [0, 0.1) is 5.21 Å². The topological polar surface area (TPSA) is 23.1 Å². The molecule has 2 nitrogen and oxygen atoms in total. The van der Waals surface area contributed by atoms with Crippen LogP contribution in [0.4, 0.5) is 0 Å². The number of rotatable bonds is 20. The van der Waals surface area contributed by atoms with Crippen LogP contribution >= 0.6 is 0 Å². The highest BCUT2D eigenvalue weighted by Gasteiger charge is 2.13. The quantitative estimate of drug-likeness (QED) is 0.0921. The van der Waals surface area contributed by atoms with Crippen molar-refractivity contribution in [2.24, 2.45) is 0 Å². The number of hydroxylamine groups is 3. The van der Waals surface area contributed by atoms with E-state index in [1.54, 1.807) is 0 Å². The van der Waals surface area contributed by atoms with Crippen LogP contribution in [0.15, 0.2) is 12.2 Å². The first-order chi connectivity index (χ1) is 12.7. The molecule has 0 saturated carbocycles. The summed E-state index contributed by atoms with van der Waals surface area (Å²) in [5.41, 5.74) is 0. The predicted molar refractivity (Wildman–Crippen MR) is 118 cm³/mol. The molecule has 0 rings (SSSR count). The Kier molecular flexibility index (Phi) is 19.2. The van der Waals surface area contributed by atoms with Gasteiger partial charge < -0.3 is 9.85 Å². The van der Waals surface area contributed by atoms with Gasteiger partial charge in [-0.25, -0.2) is 0 Å². The second-order valence-corrected chi connectivity index (χ2v) is 8.17. The maximum absolute atomic E-state index is 12.6. The van der Waals surface area contributed by atoms with Crippen molar-refractivity contribution in [1.29, 1.82) is 0 Å². The molecule has 2 heteroatoms. The summed E-state index contributed by atoms with van der Waals surface area (Å²) in [6.45, 7) is 8.98. The summed E-state index contributed by atoms with van der Waals surface area (Å²) < 4.78 is 0.0520. The van der Waals surface area contributed by atoms with E-state index in [-0.39, 0.29) is 4.65 Å². The molecule has 156 valence electrons. The molecule has 0 aliphatic rings. The monoisotopic (exact) mass is 367 g/mol. The zero-order valence-electron chi connectivity index (χ0n) is 18.4. The molecule has 0 aliphatic carbocycles. The van der Waals surface area contributed by atoms with Crippen LogP contribution in [0.1, 0.15) is 124 Å². The number of unbranched alkanes of at least 4 members (excludes halogenated alkanes) is 12. The van der Waals surface area contributed by atoms with Gasteiger partial charge in [0.05, 0.1) is 19.6 Å². The second kappa shape index (κ2) is 19.4. The Balaban J connectivity index is 3.36. The first kappa shape index (κ1) is 25.7. The minimum Gasteiger partial charge on any atom is -0.633 e. The molecule has 0 aromatic rings. The predicted octanol–water partition coefficient (Wildman–Crippen LogP) is 8.16. The molecule has 0 unspecified atom stereocenters. The summed E-state index contributed by atoms with van der Waals surface area (Å²) in [7, 11) is 0. The van der Waals surface area contributed by atoms with E-state index in [1.807, 2.05) is 0 Å². The second-order valence-electron chi connectivity index (χ2n) is 8.17. The molecule has 0 amide bonds. The number of hydrogen-bond acceptors (Lipinski definition) is 1. The fraction of sp³-hybridized carbons (Fsp3) is 0.917. The van der Waals surface area contributed by atoms with Crippen LogP contribution in [0.5, 0.6) is 0 Å². The van der Waals surface area contributed by atoms with Crippen molar-refractivity contribution < 1.29 is 4.65 Å². The van der Waals surface area contributed by atoms with Gasteiger partial charge >= 0.3 is 0 Å². The Hall–Kier alpha value is -0.340. The standard InChI is InChI=1S/C24H49NO/c1-4-7-8-9-10-11-12-13-14-15-16-17-18-19-20-21-24-25(26,22-5-2)23-6-3/h13-14H,4-12,15-24H2,1-3H3/b14-13-. The SMILES string of the molecule is CCCCCCCC/C=C\CCCCCCCC[N+]([O-])(CCC)CCC. The van der Waals surface area contributed by atoms with Crippen LogP contribution in [0.3, 0.4) is 0 Å². The normalized spacial score (nSPS) is 12.3. The van der Waals surface area contributed by atoms with Gasteiger partial charge in [0.2, 0.25) is 0 Å². The Morgan fingerprint density at radius 3 is 1.38 bits per heavy atom. The van der Waals surface area contributed by atoms with Gasteiger partial charge in [-0.2, -0.15) is 0 Å². The first-order valence-corrected chi connectivity index (χ1v) is 11.9. The van der Waals surface area contributed by atoms with Gasteiger partial charge in [-0.15, -0.1) is 0 Å². The van der Waals surface area contributed by atoms with Gasteiger partial charge in [-0.05, 0) is 51.4 Å². The number of hydrogen-bond donors (Lipinski definition) is 0. The zero-order valence-corrected chi connectivity index (χ0v) is 18.4. The molecule has 0 radical (unpaired) electrons. The summed E-state index contributed by atoms with van der Waals surface area (Å²) in [5.74, 6) is 0. The molecule has 0 spiro atoms. The molecular weight excluding hydrogens is 318 g/mol. The summed E-state index contributed by atoms with van der Waals surface area (Å²) in [6.07, 6.45) is 25.4. The lowest BCUT2D eigenvalue weighted by molar-refractivity contribution is -0.881. The molecule has 0 aliphatic heterocycles. The van der Waals surface area contributed by atoms with E-state index >= 15 is 0 Å². The van der Waals surface area contributed by atoms with Crippen LogP contribution in [0.25, 0.3) is 0 Å². The maximum Gasteiger partial charge on any atom is 0.0783 e. The molecule has 0 N–H and O–H groups in total.